The highest BCUT2D eigenvalue weighted by molar-refractivity contribution is 4.99. The van der Waals surface area contributed by atoms with Gasteiger partial charge in [-0.2, -0.15) is 0 Å². The second kappa shape index (κ2) is 6.34. The third kappa shape index (κ3) is 3.12. The summed E-state index contributed by atoms with van der Waals surface area (Å²) >= 11 is 0. The van der Waals surface area contributed by atoms with Gasteiger partial charge in [-0.25, -0.2) is 4.98 Å². The Hall–Kier alpha value is -0.870. The monoisotopic (exact) mass is 250 g/mol. The van der Waals surface area contributed by atoms with Crippen LogP contribution in [0.5, 0.6) is 0 Å². The molecule has 1 fully saturated rings. The van der Waals surface area contributed by atoms with E-state index >= 15 is 0 Å². The maximum Gasteiger partial charge on any atom is 0.0948 e. The largest absolute Gasteiger partial charge is 0.333 e. The quantitative estimate of drug-likeness (QED) is 0.867. The van der Waals surface area contributed by atoms with E-state index in [-0.39, 0.29) is 0 Å². The number of aryl methyl sites for hydroxylation is 1. The van der Waals surface area contributed by atoms with Crippen molar-refractivity contribution < 1.29 is 0 Å². The Labute approximate surface area is 110 Å². The van der Waals surface area contributed by atoms with Crippen molar-refractivity contribution in [2.75, 3.05) is 13.1 Å². The molecule has 1 aliphatic heterocycles. The van der Waals surface area contributed by atoms with Crippen molar-refractivity contribution in [1.29, 1.82) is 0 Å². The van der Waals surface area contributed by atoms with Crippen LogP contribution in [0.15, 0.2) is 12.5 Å². The Morgan fingerprint density at radius 2 is 2.28 bits per heavy atom. The zero-order valence-electron chi connectivity index (χ0n) is 11.7. The summed E-state index contributed by atoms with van der Waals surface area (Å²) in [6.45, 7) is 8.56. The molecule has 18 heavy (non-hydrogen) atoms. The summed E-state index contributed by atoms with van der Waals surface area (Å²) in [7, 11) is 0. The number of hydrogen-bond donors (Lipinski definition) is 1. The molecule has 0 bridgehead atoms. The van der Waals surface area contributed by atoms with Crippen LogP contribution in [-0.4, -0.2) is 33.6 Å². The van der Waals surface area contributed by atoms with Gasteiger partial charge in [0.1, 0.15) is 0 Å². The third-order valence-corrected chi connectivity index (χ3v) is 4.07. The highest BCUT2D eigenvalue weighted by atomic mass is 15.2. The van der Waals surface area contributed by atoms with Crippen molar-refractivity contribution >= 4 is 0 Å². The second-order valence-electron chi connectivity index (χ2n) is 5.54. The predicted molar refractivity (Wildman–Crippen MR) is 74.2 cm³/mol. The van der Waals surface area contributed by atoms with Gasteiger partial charge < -0.3 is 10.3 Å². The van der Waals surface area contributed by atoms with Gasteiger partial charge in [-0.05, 0) is 38.6 Å². The molecule has 1 aliphatic rings. The first-order valence-corrected chi connectivity index (χ1v) is 7.17. The standard InChI is InChI=1S/C14H26N4/c1-3-6-17-11-16-8-14(17)10-18-9-13(7-15)5-4-12(18)2/h8,11-13H,3-7,9-10,15H2,1-2H3. The molecule has 2 atom stereocenters. The van der Waals surface area contributed by atoms with E-state index in [1.54, 1.807) is 0 Å². The molecule has 2 rings (SSSR count). The normalized spacial score (nSPS) is 25.5. The highest BCUT2D eigenvalue weighted by Crippen LogP contribution is 2.23. The average molecular weight is 250 g/mol. The van der Waals surface area contributed by atoms with Gasteiger partial charge in [0.25, 0.3) is 0 Å². The first-order chi connectivity index (χ1) is 8.74. The molecular weight excluding hydrogens is 224 g/mol. The van der Waals surface area contributed by atoms with Crippen LogP contribution in [0.4, 0.5) is 0 Å². The molecule has 1 saturated heterocycles. The minimum atomic E-state index is 0.665. The molecule has 102 valence electrons. The first kappa shape index (κ1) is 13.6. The number of piperidine rings is 1. The fourth-order valence-corrected chi connectivity index (χ4v) is 2.81. The van der Waals surface area contributed by atoms with Crippen molar-refractivity contribution in [3.05, 3.63) is 18.2 Å². The zero-order valence-corrected chi connectivity index (χ0v) is 11.7. The highest BCUT2D eigenvalue weighted by Gasteiger charge is 2.25. The number of likely N-dealkylation sites (tertiary alicyclic amines) is 1. The van der Waals surface area contributed by atoms with E-state index in [0.29, 0.717) is 12.0 Å². The summed E-state index contributed by atoms with van der Waals surface area (Å²) in [6, 6.07) is 0.665. The van der Waals surface area contributed by atoms with Crippen LogP contribution in [0, 0.1) is 5.92 Å². The Bertz CT molecular complexity index is 360. The summed E-state index contributed by atoms with van der Waals surface area (Å²) in [6.07, 6.45) is 7.67. The number of aromatic nitrogens is 2. The van der Waals surface area contributed by atoms with Crippen LogP contribution in [-0.2, 0) is 13.1 Å². The molecule has 2 heterocycles. The molecule has 2 unspecified atom stereocenters. The molecule has 1 aromatic heterocycles. The van der Waals surface area contributed by atoms with E-state index in [9.17, 15) is 0 Å². The van der Waals surface area contributed by atoms with E-state index in [0.717, 1.165) is 32.6 Å². The molecule has 0 aliphatic carbocycles. The third-order valence-electron chi connectivity index (χ3n) is 4.07. The van der Waals surface area contributed by atoms with Crippen molar-refractivity contribution in [3.8, 4) is 0 Å². The van der Waals surface area contributed by atoms with Gasteiger partial charge in [0.15, 0.2) is 0 Å². The number of hydrogen-bond acceptors (Lipinski definition) is 3. The van der Waals surface area contributed by atoms with Crippen LogP contribution in [0.3, 0.4) is 0 Å². The number of rotatable bonds is 5. The first-order valence-electron chi connectivity index (χ1n) is 7.17. The van der Waals surface area contributed by atoms with E-state index in [2.05, 4.69) is 28.3 Å². The molecule has 0 saturated carbocycles. The van der Waals surface area contributed by atoms with Gasteiger partial charge in [-0.15, -0.1) is 0 Å². The van der Waals surface area contributed by atoms with Crippen LogP contribution in [0.1, 0.15) is 38.8 Å². The molecule has 0 radical (unpaired) electrons. The predicted octanol–water partition coefficient (Wildman–Crippen LogP) is 1.85. The van der Waals surface area contributed by atoms with Crippen molar-refractivity contribution in [2.45, 2.75) is 52.2 Å². The van der Waals surface area contributed by atoms with Crippen LogP contribution >= 0.6 is 0 Å². The van der Waals surface area contributed by atoms with Crippen molar-refractivity contribution in [3.63, 3.8) is 0 Å². The SMILES string of the molecule is CCCn1cncc1CN1CC(CN)CCC1C. The molecule has 2 N–H and O–H groups in total. The van der Waals surface area contributed by atoms with Gasteiger partial charge in [-0.1, -0.05) is 6.92 Å². The lowest BCUT2D eigenvalue weighted by Gasteiger charge is -2.37. The summed E-state index contributed by atoms with van der Waals surface area (Å²) < 4.78 is 2.28. The molecule has 4 nitrogen and oxygen atoms in total. The summed E-state index contributed by atoms with van der Waals surface area (Å²) in [5, 5.41) is 0. The number of nitrogens with two attached hydrogens (primary N) is 1. The Morgan fingerprint density at radius 1 is 1.44 bits per heavy atom. The fourth-order valence-electron chi connectivity index (χ4n) is 2.81. The molecule has 1 aromatic rings. The van der Waals surface area contributed by atoms with Crippen LogP contribution < -0.4 is 5.73 Å². The Balaban J connectivity index is 2.00. The lowest BCUT2D eigenvalue weighted by Crippen LogP contribution is -2.43. The molecule has 4 heteroatoms. The van der Waals surface area contributed by atoms with E-state index < -0.39 is 0 Å². The molecular formula is C14H26N4. The molecule has 0 amide bonds. The Kier molecular flexibility index (Phi) is 4.78. The number of imidazole rings is 1. The Morgan fingerprint density at radius 3 is 3.00 bits per heavy atom. The summed E-state index contributed by atoms with van der Waals surface area (Å²) in [5.41, 5.74) is 7.15. The molecule has 0 aromatic carbocycles. The fraction of sp³-hybridized carbons (Fsp3) is 0.786. The van der Waals surface area contributed by atoms with E-state index in [4.69, 9.17) is 5.73 Å². The van der Waals surface area contributed by atoms with Gasteiger partial charge in [0, 0.05) is 31.9 Å². The van der Waals surface area contributed by atoms with Gasteiger partial charge in [-0.3, -0.25) is 4.90 Å². The maximum atomic E-state index is 5.82. The summed E-state index contributed by atoms with van der Waals surface area (Å²) in [5.74, 6) is 0.670. The van der Waals surface area contributed by atoms with Crippen molar-refractivity contribution in [1.82, 2.24) is 14.5 Å². The van der Waals surface area contributed by atoms with Gasteiger partial charge in [0.05, 0.1) is 12.0 Å². The second-order valence-corrected chi connectivity index (χ2v) is 5.54. The topological polar surface area (TPSA) is 47.1 Å². The number of nitrogens with zero attached hydrogens (tertiary/aromatic N) is 3. The zero-order chi connectivity index (χ0) is 13.0. The van der Waals surface area contributed by atoms with Crippen LogP contribution in [0.2, 0.25) is 0 Å². The van der Waals surface area contributed by atoms with Crippen molar-refractivity contribution in [2.24, 2.45) is 11.7 Å². The molecule has 0 spiro atoms. The minimum Gasteiger partial charge on any atom is -0.333 e. The van der Waals surface area contributed by atoms with Gasteiger partial charge >= 0.3 is 0 Å². The summed E-state index contributed by atoms with van der Waals surface area (Å²) in [4.78, 5) is 6.84. The van der Waals surface area contributed by atoms with E-state index in [1.165, 1.54) is 18.5 Å². The van der Waals surface area contributed by atoms with E-state index in [1.807, 2.05) is 12.5 Å². The maximum absolute atomic E-state index is 5.82. The van der Waals surface area contributed by atoms with Crippen LogP contribution in [0.25, 0.3) is 0 Å². The lowest BCUT2D eigenvalue weighted by atomic mass is 9.93. The minimum absolute atomic E-state index is 0.665. The van der Waals surface area contributed by atoms with Gasteiger partial charge in [0.2, 0.25) is 0 Å². The average Bonchev–Trinajstić information content (AvgIpc) is 2.80. The lowest BCUT2D eigenvalue weighted by molar-refractivity contribution is 0.110. The smallest absolute Gasteiger partial charge is 0.0948 e.